The Balaban J connectivity index is 2.92. The van der Waals surface area contributed by atoms with Gasteiger partial charge in [-0.15, -0.1) is 13.2 Å². The monoisotopic (exact) mass is 360 g/mol. The van der Waals surface area contributed by atoms with E-state index < -0.39 is 0 Å². The lowest BCUT2D eigenvalue weighted by Gasteiger charge is -2.35. The molecular formula is C22H36N2O2. The van der Waals surface area contributed by atoms with Crippen LogP contribution in [0.3, 0.4) is 0 Å². The molecule has 0 radical (unpaired) electrons. The van der Waals surface area contributed by atoms with Gasteiger partial charge in [0.15, 0.2) is 5.78 Å². The first-order valence-electron chi connectivity index (χ1n) is 9.81. The van der Waals surface area contributed by atoms with Crippen molar-refractivity contribution in [1.82, 2.24) is 9.80 Å². The molecule has 0 saturated carbocycles. The summed E-state index contributed by atoms with van der Waals surface area (Å²) in [6, 6.07) is 0. The van der Waals surface area contributed by atoms with E-state index in [1.165, 1.54) is 6.42 Å². The molecule has 1 amide bonds. The second-order valence-electron chi connectivity index (χ2n) is 8.00. The van der Waals surface area contributed by atoms with Crippen LogP contribution >= 0.6 is 0 Å². The molecule has 1 rings (SSSR count). The molecule has 0 aromatic rings. The number of amides is 1. The molecule has 1 aliphatic carbocycles. The van der Waals surface area contributed by atoms with Crippen molar-refractivity contribution in [1.29, 1.82) is 0 Å². The molecule has 0 bridgehead atoms. The molecule has 0 unspecified atom stereocenters. The Morgan fingerprint density at radius 3 is 2.35 bits per heavy atom. The third kappa shape index (κ3) is 7.69. The molecule has 4 heteroatoms. The minimum absolute atomic E-state index is 0.0574. The summed E-state index contributed by atoms with van der Waals surface area (Å²) in [6.45, 7) is 16.2. The zero-order valence-corrected chi connectivity index (χ0v) is 16.9. The highest BCUT2D eigenvalue weighted by Crippen LogP contribution is 2.35. The zero-order chi connectivity index (χ0) is 19.6. The molecular weight excluding hydrogens is 324 g/mol. The number of ketones is 1. The van der Waals surface area contributed by atoms with Crippen molar-refractivity contribution < 1.29 is 9.59 Å². The van der Waals surface area contributed by atoms with Crippen LogP contribution in [-0.4, -0.2) is 47.7 Å². The fraction of sp³-hybridized carbons (Fsp3) is 0.636. The Kier molecular flexibility index (Phi) is 9.57. The van der Waals surface area contributed by atoms with Gasteiger partial charge in [0.2, 0.25) is 5.91 Å². The lowest BCUT2D eigenvalue weighted by atomic mass is 9.78. The van der Waals surface area contributed by atoms with Crippen LogP contribution in [0.1, 0.15) is 59.3 Å². The molecule has 0 aromatic heterocycles. The van der Waals surface area contributed by atoms with Crippen LogP contribution < -0.4 is 0 Å². The number of unbranched alkanes of at least 4 members (excludes halogenated alkanes) is 3. The van der Waals surface area contributed by atoms with E-state index in [9.17, 15) is 9.59 Å². The zero-order valence-electron chi connectivity index (χ0n) is 16.9. The molecule has 0 aromatic carbocycles. The summed E-state index contributed by atoms with van der Waals surface area (Å²) in [4.78, 5) is 29.1. The van der Waals surface area contributed by atoms with Gasteiger partial charge in [0.25, 0.3) is 0 Å². The maximum Gasteiger partial charge on any atom is 0.240 e. The normalized spacial score (nSPS) is 16.3. The smallest absolute Gasteiger partial charge is 0.240 e. The van der Waals surface area contributed by atoms with Crippen LogP contribution in [0.4, 0.5) is 0 Å². The first-order valence-corrected chi connectivity index (χ1v) is 9.81. The van der Waals surface area contributed by atoms with Crippen molar-refractivity contribution in [3.8, 4) is 0 Å². The van der Waals surface area contributed by atoms with Crippen molar-refractivity contribution in [2.24, 2.45) is 5.41 Å². The summed E-state index contributed by atoms with van der Waals surface area (Å²) in [6.07, 6.45) is 11.0. The highest BCUT2D eigenvalue weighted by atomic mass is 16.2. The molecule has 0 heterocycles. The number of hydrogen-bond donors (Lipinski definition) is 0. The lowest BCUT2D eigenvalue weighted by molar-refractivity contribution is -0.130. The largest absolute Gasteiger partial charge is 0.315 e. The van der Waals surface area contributed by atoms with Gasteiger partial charge in [-0.05, 0) is 18.3 Å². The van der Waals surface area contributed by atoms with Gasteiger partial charge in [-0.1, -0.05) is 52.2 Å². The van der Waals surface area contributed by atoms with E-state index in [-0.39, 0.29) is 17.1 Å². The number of nitrogens with zero attached hydrogens (tertiary/aromatic N) is 2. The second kappa shape index (κ2) is 11.1. The van der Waals surface area contributed by atoms with Crippen molar-refractivity contribution in [3.63, 3.8) is 0 Å². The van der Waals surface area contributed by atoms with E-state index in [0.29, 0.717) is 32.6 Å². The minimum atomic E-state index is -0.0922. The number of carbonyl (C=O) groups is 2. The molecule has 0 fully saturated rings. The number of hydrogen-bond acceptors (Lipinski definition) is 3. The maximum atomic E-state index is 13.0. The van der Waals surface area contributed by atoms with Crippen LogP contribution in [0.15, 0.2) is 37.1 Å². The molecule has 0 spiro atoms. The lowest BCUT2D eigenvalue weighted by Crippen LogP contribution is -2.42. The fourth-order valence-corrected chi connectivity index (χ4v) is 3.46. The Labute approximate surface area is 159 Å². The average Bonchev–Trinajstić information content (AvgIpc) is 2.53. The Bertz CT molecular complexity index is 524. The van der Waals surface area contributed by atoms with E-state index in [4.69, 9.17) is 0 Å². The van der Waals surface area contributed by atoms with Crippen LogP contribution in [0, 0.1) is 5.41 Å². The Hall–Kier alpha value is -1.68. The summed E-state index contributed by atoms with van der Waals surface area (Å²) in [5, 5.41) is 0. The Morgan fingerprint density at radius 2 is 1.81 bits per heavy atom. The quantitative estimate of drug-likeness (QED) is 0.384. The third-order valence-electron chi connectivity index (χ3n) is 4.66. The summed E-state index contributed by atoms with van der Waals surface area (Å²) in [7, 11) is 0. The average molecular weight is 361 g/mol. The van der Waals surface area contributed by atoms with E-state index in [1.54, 1.807) is 18.2 Å². The molecule has 0 saturated heterocycles. The Morgan fingerprint density at radius 1 is 1.15 bits per heavy atom. The van der Waals surface area contributed by atoms with Gasteiger partial charge in [0.05, 0.1) is 6.54 Å². The van der Waals surface area contributed by atoms with Crippen LogP contribution in [0.2, 0.25) is 0 Å². The van der Waals surface area contributed by atoms with E-state index in [1.807, 2.05) is 9.80 Å². The first kappa shape index (κ1) is 22.4. The standard InChI is InChI=1S/C22H36N2O2/c1-6-9-10-11-14-24(19-15-20(25)17-22(4,5)16-19)21(26)18-23(12-7-2)13-8-3/h7-8,15H,2-3,6,9-14,16-18H2,1,4-5H3. The van der Waals surface area contributed by atoms with Crippen LogP contribution in [0.5, 0.6) is 0 Å². The van der Waals surface area contributed by atoms with Crippen molar-refractivity contribution >= 4 is 11.7 Å². The van der Waals surface area contributed by atoms with Gasteiger partial charge in [-0.3, -0.25) is 14.5 Å². The summed E-state index contributed by atoms with van der Waals surface area (Å²) in [5.74, 6) is 0.179. The molecule has 0 atom stereocenters. The highest BCUT2D eigenvalue weighted by molar-refractivity contribution is 5.93. The molecule has 0 aliphatic heterocycles. The van der Waals surface area contributed by atoms with Gasteiger partial charge in [-0.2, -0.15) is 0 Å². The number of rotatable bonds is 12. The summed E-state index contributed by atoms with van der Waals surface area (Å²) < 4.78 is 0. The molecule has 26 heavy (non-hydrogen) atoms. The minimum Gasteiger partial charge on any atom is -0.315 e. The van der Waals surface area contributed by atoms with Gasteiger partial charge in [0, 0.05) is 37.8 Å². The first-order chi connectivity index (χ1) is 12.3. The molecule has 146 valence electrons. The topological polar surface area (TPSA) is 40.6 Å². The fourth-order valence-electron chi connectivity index (χ4n) is 3.46. The maximum absolute atomic E-state index is 13.0. The molecule has 1 aliphatic rings. The predicted molar refractivity (Wildman–Crippen MR) is 109 cm³/mol. The summed E-state index contributed by atoms with van der Waals surface area (Å²) in [5.41, 5.74) is 0.787. The SMILES string of the molecule is C=CCN(CC=C)CC(=O)N(CCCCCC)C1=CC(=O)CC(C)(C)C1. The van der Waals surface area contributed by atoms with E-state index in [0.717, 1.165) is 31.4 Å². The molecule has 4 nitrogen and oxygen atoms in total. The van der Waals surface area contributed by atoms with Crippen molar-refractivity contribution in [2.45, 2.75) is 59.3 Å². The van der Waals surface area contributed by atoms with Crippen LogP contribution in [-0.2, 0) is 9.59 Å². The van der Waals surface area contributed by atoms with Crippen molar-refractivity contribution in [2.75, 3.05) is 26.2 Å². The van der Waals surface area contributed by atoms with Crippen molar-refractivity contribution in [3.05, 3.63) is 37.1 Å². The number of allylic oxidation sites excluding steroid dienone is 2. The number of carbonyl (C=O) groups excluding carboxylic acids is 2. The predicted octanol–water partition coefficient (Wildman–Crippen LogP) is 4.34. The third-order valence-corrected chi connectivity index (χ3v) is 4.66. The highest BCUT2D eigenvalue weighted by Gasteiger charge is 2.31. The van der Waals surface area contributed by atoms with E-state index in [2.05, 4.69) is 33.9 Å². The second-order valence-corrected chi connectivity index (χ2v) is 8.00. The molecule has 0 N–H and O–H groups in total. The van der Waals surface area contributed by atoms with Gasteiger partial charge >= 0.3 is 0 Å². The van der Waals surface area contributed by atoms with Crippen LogP contribution in [0.25, 0.3) is 0 Å². The van der Waals surface area contributed by atoms with E-state index >= 15 is 0 Å². The van der Waals surface area contributed by atoms with Gasteiger partial charge in [0.1, 0.15) is 0 Å². The van der Waals surface area contributed by atoms with Gasteiger partial charge in [-0.25, -0.2) is 0 Å². The summed E-state index contributed by atoms with van der Waals surface area (Å²) >= 11 is 0. The van der Waals surface area contributed by atoms with Gasteiger partial charge < -0.3 is 4.90 Å².